The first-order valence-electron chi connectivity index (χ1n) is 14.3. The van der Waals surface area contributed by atoms with Gasteiger partial charge in [-0.15, -0.1) is 0 Å². The van der Waals surface area contributed by atoms with E-state index in [1.807, 2.05) is 41.9 Å². The maximum Gasteiger partial charge on any atom is 0.321 e. The lowest BCUT2D eigenvalue weighted by atomic mass is 9.89. The number of carbonyl (C=O) groups excluding carboxylic acids is 2. The van der Waals surface area contributed by atoms with Gasteiger partial charge in [0.25, 0.3) is 0 Å². The highest BCUT2D eigenvalue weighted by Crippen LogP contribution is 2.44. The Morgan fingerprint density at radius 2 is 1.86 bits per heavy atom. The van der Waals surface area contributed by atoms with Gasteiger partial charge < -0.3 is 20.1 Å². The number of anilines is 1. The Hall–Kier alpha value is -4.98. The summed E-state index contributed by atoms with van der Waals surface area (Å²) in [6.07, 6.45) is 7.38. The molecule has 2 aromatic carbocycles. The Bertz CT molecular complexity index is 1780. The van der Waals surface area contributed by atoms with Crippen molar-refractivity contribution in [1.82, 2.24) is 29.7 Å². The maximum absolute atomic E-state index is 13.1. The van der Waals surface area contributed by atoms with Crippen molar-refractivity contribution in [2.75, 3.05) is 31.5 Å². The van der Waals surface area contributed by atoms with Gasteiger partial charge in [0.05, 0.1) is 42.6 Å². The van der Waals surface area contributed by atoms with Crippen LogP contribution in [0.3, 0.4) is 0 Å². The third-order valence-electron chi connectivity index (χ3n) is 8.08. The van der Waals surface area contributed by atoms with Crippen LogP contribution in [0, 0.1) is 6.57 Å². The number of hydrogen-bond acceptors (Lipinski definition) is 5. The van der Waals surface area contributed by atoms with E-state index >= 15 is 0 Å². The van der Waals surface area contributed by atoms with Crippen LogP contribution >= 0.6 is 11.6 Å². The number of nitrogens with zero attached hydrogens (tertiary/aromatic N) is 6. The van der Waals surface area contributed by atoms with Gasteiger partial charge in [0.2, 0.25) is 5.91 Å². The van der Waals surface area contributed by atoms with Crippen molar-refractivity contribution in [2.24, 2.45) is 7.05 Å². The largest absolute Gasteiger partial charge is 0.344 e. The number of benzene rings is 2. The van der Waals surface area contributed by atoms with E-state index in [-0.39, 0.29) is 18.0 Å². The molecule has 2 N–H and O–H groups in total. The summed E-state index contributed by atoms with van der Waals surface area (Å²) in [6.45, 7) is 10.9. The predicted molar refractivity (Wildman–Crippen MR) is 170 cm³/mol. The lowest BCUT2D eigenvalue weighted by molar-refractivity contribution is -0.119. The molecule has 3 amide bonds. The number of hydrogen-bond donors (Lipinski definition) is 2. The van der Waals surface area contributed by atoms with E-state index in [0.717, 1.165) is 33.7 Å². The molecule has 4 aromatic rings. The van der Waals surface area contributed by atoms with Crippen LogP contribution in [0.4, 0.5) is 16.2 Å². The number of amides is 3. The van der Waals surface area contributed by atoms with Crippen LogP contribution in [0.5, 0.6) is 0 Å². The van der Waals surface area contributed by atoms with Crippen molar-refractivity contribution in [3.63, 3.8) is 0 Å². The van der Waals surface area contributed by atoms with Crippen molar-refractivity contribution in [3.05, 3.63) is 118 Å². The first kappa shape index (κ1) is 29.1. The van der Waals surface area contributed by atoms with Crippen LogP contribution in [-0.2, 0) is 11.8 Å². The average Bonchev–Trinajstić information content (AvgIpc) is 3.40. The van der Waals surface area contributed by atoms with Crippen LogP contribution < -0.4 is 10.6 Å². The summed E-state index contributed by atoms with van der Waals surface area (Å²) in [5.74, 6) is -0.162. The first-order valence-corrected chi connectivity index (χ1v) is 14.7. The van der Waals surface area contributed by atoms with Gasteiger partial charge >= 0.3 is 6.03 Å². The molecular formula is C33H31ClN8O2. The highest BCUT2D eigenvalue weighted by Gasteiger charge is 2.36. The van der Waals surface area contributed by atoms with Crippen molar-refractivity contribution < 1.29 is 9.59 Å². The zero-order chi connectivity index (χ0) is 30.8. The smallest absolute Gasteiger partial charge is 0.321 e. The molecule has 44 heavy (non-hydrogen) atoms. The van der Waals surface area contributed by atoms with Crippen LogP contribution in [0.25, 0.3) is 16.5 Å². The molecule has 0 saturated carbocycles. The van der Waals surface area contributed by atoms with Crippen LogP contribution in [0.1, 0.15) is 47.1 Å². The van der Waals surface area contributed by atoms with E-state index in [4.69, 9.17) is 23.2 Å². The number of piperazine rings is 1. The lowest BCUT2D eigenvalue weighted by Crippen LogP contribution is -2.51. The molecule has 1 aliphatic heterocycles. The SMILES string of the molecule is [C-]#[N+]c1ccc(NC(=O)N2CCN([C@H]3c4ccc(Cl)cc4C(C(NC(C)=O)c4cncn4C)=Cc4cccnc43)CC2)cc1. The second kappa shape index (κ2) is 12.3. The third-order valence-corrected chi connectivity index (χ3v) is 8.32. The molecule has 0 spiro atoms. The summed E-state index contributed by atoms with van der Waals surface area (Å²) < 4.78 is 1.90. The Balaban J connectivity index is 1.33. The van der Waals surface area contributed by atoms with Crippen molar-refractivity contribution in [3.8, 4) is 0 Å². The molecule has 1 aliphatic carbocycles. The first-order chi connectivity index (χ1) is 21.3. The topological polar surface area (TPSA) is 99.8 Å². The fraction of sp³-hybridized carbons (Fsp3) is 0.242. The Morgan fingerprint density at radius 1 is 1.09 bits per heavy atom. The maximum atomic E-state index is 13.1. The van der Waals surface area contributed by atoms with Gasteiger partial charge in [-0.2, -0.15) is 0 Å². The summed E-state index contributed by atoms with van der Waals surface area (Å²) in [5, 5.41) is 6.67. The zero-order valence-corrected chi connectivity index (χ0v) is 25.1. The molecule has 2 atom stereocenters. The molecule has 6 rings (SSSR count). The summed E-state index contributed by atoms with van der Waals surface area (Å²) in [5.41, 5.74) is 6.69. The van der Waals surface area contributed by atoms with Crippen molar-refractivity contribution in [1.29, 1.82) is 0 Å². The number of nitrogens with one attached hydrogen (secondary N) is 2. The lowest BCUT2D eigenvalue weighted by Gasteiger charge is -2.39. The molecule has 222 valence electrons. The van der Waals surface area contributed by atoms with Gasteiger partial charge in [0, 0.05) is 57.1 Å². The zero-order valence-electron chi connectivity index (χ0n) is 24.4. The number of rotatable bonds is 5. The summed E-state index contributed by atoms with van der Waals surface area (Å²) >= 11 is 6.62. The number of urea groups is 1. The molecule has 2 aliphatic rings. The fourth-order valence-corrected chi connectivity index (χ4v) is 6.14. The van der Waals surface area contributed by atoms with Crippen molar-refractivity contribution >= 4 is 46.6 Å². The Kier molecular flexibility index (Phi) is 8.15. The fourth-order valence-electron chi connectivity index (χ4n) is 5.96. The average molecular weight is 607 g/mol. The Morgan fingerprint density at radius 3 is 2.55 bits per heavy atom. The quantitative estimate of drug-likeness (QED) is 0.284. The van der Waals surface area contributed by atoms with Gasteiger partial charge in [0.1, 0.15) is 0 Å². The number of imidazole rings is 1. The van der Waals surface area contributed by atoms with Crippen LogP contribution in [0.15, 0.2) is 73.3 Å². The molecule has 3 heterocycles. The minimum atomic E-state index is -0.478. The molecule has 1 unspecified atom stereocenters. The number of aryl methyl sites for hydroxylation is 1. The van der Waals surface area contributed by atoms with Gasteiger partial charge in [-0.05, 0) is 58.7 Å². The third kappa shape index (κ3) is 5.80. The molecule has 1 fully saturated rings. The standard InChI is InChI=1S/C33H31ClN8O2/c1-21(43)38-31(29-19-36-20-40(29)3)28-17-22-5-4-12-37-30(22)32(26-11-6-23(34)18-27(26)28)41-13-15-42(16-14-41)33(44)39-25-9-7-24(35-2)8-10-25/h4-12,17-20,31-32H,13-16H2,1,3H3,(H,38,43)(H,39,44)/t31?,32-/m0/s1. The number of fused-ring (bicyclic) bond motifs is 2. The van der Waals surface area contributed by atoms with E-state index in [1.165, 1.54) is 6.92 Å². The minimum Gasteiger partial charge on any atom is -0.344 e. The van der Waals surface area contributed by atoms with Gasteiger partial charge in [-0.25, -0.2) is 14.6 Å². The second-order valence-corrected chi connectivity index (χ2v) is 11.3. The predicted octanol–water partition coefficient (Wildman–Crippen LogP) is 5.69. The van der Waals surface area contributed by atoms with E-state index < -0.39 is 6.04 Å². The molecule has 1 saturated heterocycles. The summed E-state index contributed by atoms with van der Waals surface area (Å²) in [4.78, 5) is 42.3. The molecule has 0 bridgehead atoms. The normalized spacial score (nSPS) is 16.9. The number of halogens is 1. The van der Waals surface area contributed by atoms with Crippen molar-refractivity contribution in [2.45, 2.75) is 19.0 Å². The molecule has 11 heteroatoms. The van der Waals surface area contributed by atoms with E-state index in [9.17, 15) is 9.59 Å². The number of carbonyl (C=O) groups is 2. The van der Waals surface area contributed by atoms with Gasteiger partial charge in [-0.1, -0.05) is 35.9 Å². The summed E-state index contributed by atoms with van der Waals surface area (Å²) in [6, 6.07) is 15.8. The molecule has 10 nitrogen and oxygen atoms in total. The Labute approximate surface area is 260 Å². The highest BCUT2D eigenvalue weighted by atomic mass is 35.5. The molecular weight excluding hydrogens is 576 g/mol. The number of pyridine rings is 1. The minimum absolute atomic E-state index is 0.162. The van der Waals surface area contributed by atoms with Crippen LogP contribution in [0.2, 0.25) is 5.02 Å². The highest BCUT2D eigenvalue weighted by molar-refractivity contribution is 6.30. The van der Waals surface area contributed by atoms with Gasteiger partial charge in [0.15, 0.2) is 5.69 Å². The van der Waals surface area contributed by atoms with E-state index in [1.54, 1.807) is 47.9 Å². The van der Waals surface area contributed by atoms with E-state index in [2.05, 4.69) is 31.4 Å². The summed E-state index contributed by atoms with van der Waals surface area (Å²) in [7, 11) is 1.91. The monoisotopic (exact) mass is 606 g/mol. The second-order valence-electron chi connectivity index (χ2n) is 10.9. The van der Waals surface area contributed by atoms with Crippen LogP contribution in [-0.4, -0.2) is 62.5 Å². The number of aromatic nitrogens is 3. The van der Waals surface area contributed by atoms with E-state index in [0.29, 0.717) is 42.6 Å². The van der Waals surface area contributed by atoms with Gasteiger partial charge in [-0.3, -0.25) is 14.7 Å². The molecule has 2 aromatic heterocycles. The molecule has 0 radical (unpaired) electrons.